The Hall–Kier alpha value is -1.12. The normalized spacial score (nSPS) is 28.4. The van der Waals surface area contributed by atoms with Gasteiger partial charge in [-0.25, -0.2) is 0 Å². The summed E-state index contributed by atoms with van der Waals surface area (Å²) in [6, 6.07) is 1.91. The van der Waals surface area contributed by atoms with Gasteiger partial charge in [-0.3, -0.25) is 9.69 Å². The Morgan fingerprint density at radius 2 is 2.25 bits per heavy atom. The van der Waals surface area contributed by atoms with Crippen molar-refractivity contribution < 1.29 is 4.79 Å². The average molecular weight is 224 g/mol. The minimum Gasteiger partial charge on any atom is -0.342 e. The van der Waals surface area contributed by atoms with Crippen molar-refractivity contribution in [1.29, 1.82) is 5.26 Å². The van der Waals surface area contributed by atoms with Crippen LogP contribution in [0, 0.1) is 11.3 Å². The second kappa shape index (κ2) is 5.28. The maximum absolute atomic E-state index is 11.5. The summed E-state index contributed by atoms with van der Waals surface area (Å²) in [6.45, 7) is 2.46. The largest absolute Gasteiger partial charge is 0.342 e. The highest BCUT2D eigenvalue weighted by molar-refractivity contribution is 5.92. The fourth-order valence-corrected chi connectivity index (χ4v) is 2.36. The van der Waals surface area contributed by atoms with E-state index in [0.29, 0.717) is 12.5 Å². The van der Waals surface area contributed by atoms with Crippen molar-refractivity contribution in [3.63, 3.8) is 0 Å². The number of carbonyl (C=O) groups is 1. The molecule has 2 aliphatic rings. The van der Waals surface area contributed by atoms with Gasteiger partial charge in [-0.15, -0.1) is 0 Å². The van der Waals surface area contributed by atoms with Crippen LogP contribution in [0.3, 0.4) is 0 Å². The molecule has 0 saturated carbocycles. The summed E-state index contributed by atoms with van der Waals surface area (Å²) < 4.78 is 0. The number of carbonyl (C=O) groups excluding carboxylic acids is 1. The molecular weight excluding hydrogens is 204 g/mol. The van der Waals surface area contributed by atoms with E-state index in [2.05, 4.69) is 17.3 Å². The number of nitriles is 1. The smallest absolute Gasteiger partial charge is 0.244 e. The minimum atomic E-state index is -0.0747. The Labute approximate surface area is 97.0 Å². The summed E-state index contributed by atoms with van der Waals surface area (Å²) in [4.78, 5) is 15.5. The third-order valence-corrected chi connectivity index (χ3v) is 3.31. The third kappa shape index (κ3) is 2.18. The van der Waals surface area contributed by atoms with Gasteiger partial charge in [-0.1, -0.05) is 0 Å². The molecule has 2 aliphatic heterocycles. The lowest BCUT2D eigenvalue weighted by atomic mass is 9.87. The highest BCUT2D eigenvalue weighted by atomic mass is 16.2. The Balaban J connectivity index is 0.000000221. The molecule has 2 fully saturated rings. The standard InChI is InChI=1S/C8H14N2O.C3H6N2/c1-9-6-8(7(9)11)4-3-5-10(8)2;1-5-3-2-4/h3-6H2,1-2H3;5H,3H2,1H3. The van der Waals surface area contributed by atoms with Crippen LogP contribution in [0.1, 0.15) is 12.8 Å². The highest BCUT2D eigenvalue weighted by Crippen LogP contribution is 2.36. The number of likely N-dealkylation sites (N-methyl/N-ethyl adjacent to an activating group) is 2. The van der Waals surface area contributed by atoms with E-state index in [1.54, 1.807) is 7.05 Å². The predicted molar refractivity (Wildman–Crippen MR) is 61.8 cm³/mol. The fourth-order valence-electron chi connectivity index (χ4n) is 2.36. The second-order valence-electron chi connectivity index (χ2n) is 4.41. The fraction of sp³-hybridized carbons (Fsp3) is 0.818. The van der Waals surface area contributed by atoms with E-state index in [9.17, 15) is 4.79 Å². The van der Waals surface area contributed by atoms with Gasteiger partial charge in [0.15, 0.2) is 0 Å². The van der Waals surface area contributed by atoms with E-state index in [1.807, 2.05) is 18.0 Å². The average Bonchev–Trinajstić information content (AvgIpc) is 2.65. The van der Waals surface area contributed by atoms with E-state index >= 15 is 0 Å². The van der Waals surface area contributed by atoms with Crippen molar-refractivity contribution >= 4 is 5.91 Å². The molecule has 16 heavy (non-hydrogen) atoms. The topological polar surface area (TPSA) is 59.4 Å². The molecule has 1 amide bonds. The number of β-lactam (4-membered cyclic amide) rings is 1. The summed E-state index contributed by atoms with van der Waals surface area (Å²) in [6.07, 6.45) is 2.24. The molecule has 1 N–H and O–H groups in total. The summed E-state index contributed by atoms with van der Waals surface area (Å²) in [5.74, 6) is 0.317. The maximum Gasteiger partial charge on any atom is 0.244 e. The van der Waals surface area contributed by atoms with Crippen LogP contribution >= 0.6 is 0 Å². The highest BCUT2D eigenvalue weighted by Gasteiger charge is 2.55. The number of hydrogen-bond acceptors (Lipinski definition) is 4. The van der Waals surface area contributed by atoms with E-state index in [1.165, 1.54) is 6.42 Å². The molecule has 0 bridgehead atoms. The predicted octanol–water partition coefficient (Wildman–Crippen LogP) is -0.348. The maximum atomic E-state index is 11.5. The molecule has 1 atom stereocenters. The molecule has 0 aromatic heterocycles. The molecule has 5 heteroatoms. The molecule has 1 spiro atoms. The second-order valence-corrected chi connectivity index (χ2v) is 4.41. The number of hydrogen-bond donors (Lipinski definition) is 1. The van der Waals surface area contributed by atoms with Crippen LogP contribution in [0.2, 0.25) is 0 Å². The van der Waals surface area contributed by atoms with Gasteiger partial charge >= 0.3 is 0 Å². The zero-order chi connectivity index (χ0) is 12.2. The molecule has 2 rings (SSSR count). The molecule has 5 nitrogen and oxygen atoms in total. The first kappa shape index (κ1) is 12.9. The van der Waals surface area contributed by atoms with Gasteiger partial charge in [-0.05, 0) is 33.5 Å². The van der Waals surface area contributed by atoms with E-state index in [-0.39, 0.29) is 5.54 Å². The summed E-state index contributed by atoms with van der Waals surface area (Å²) >= 11 is 0. The van der Waals surface area contributed by atoms with Crippen molar-refractivity contribution in [3.05, 3.63) is 0 Å². The van der Waals surface area contributed by atoms with E-state index < -0.39 is 0 Å². The zero-order valence-corrected chi connectivity index (χ0v) is 10.3. The molecule has 90 valence electrons. The van der Waals surface area contributed by atoms with Crippen molar-refractivity contribution in [1.82, 2.24) is 15.1 Å². The molecule has 2 saturated heterocycles. The van der Waals surface area contributed by atoms with Gasteiger partial charge in [0.1, 0.15) is 5.54 Å². The van der Waals surface area contributed by atoms with Gasteiger partial charge in [0.05, 0.1) is 12.6 Å². The lowest BCUT2D eigenvalue weighted by Crippen LogP contribution is -2.69. The van der Waals surface area contributed by atoms with Crippen LogP contribution in [-0.4, -0.2) is 62.0 Å². The van der Waals surface area contributed by atoms with Crippen molar-refractivity contribution in [2.45, 2.75) is 18.4 Å². The third-order valence-electron chi connectivity index (χ3n) is 3.31. The van der Waals surface area contributed by atoms with E-state index in [0.717, 1.165) is 19.5 Å². The van der Waals surface area contributed by atoms with Gasteiger partial charge < -0.3 is 10.2 Å². The van der Waals surface area contributed by atoms with Crippen LogP contribution in [0.15, 0.2) is 0 Å². The monoisotopic (exact) mass is 224 g/mol. The SMILES string of the molecule is CN1CC2(CCCN2C)C1=O.CNCC#N. The van der Waals surface area contributed by atoms with Crippen molar-refractivity contribution in [3.8, 4) is 6.07 Å². The van der Waals surface area contributed by atoms with Gasteiger partial charge in [0.25, 0.3) is 0 Å². The minimum absolute atomic E-state index is 0.0747. The Morgan fingerprint density at radius 3 is 2.50 bits per heavy atom. The van der Waals surface area contributed by atoms with Crippen LogP contribution in [0.5, 0.6) is 0 Å². The first-order valence-electron chi connectivity index (χ1n) is 5.57. The Kier molecular flexibility index (Phi) is 4.27. The van der Waals surface area contributed by atoms with Gasteiger partial charge in [0, 0.05) is 13.6 Å². The molecule has 2 heterocycles. The van der Waals surface area contributed by atoms with Crippen LogP contribution < -0.4 is 5.32 Å². The first-order valence-corrected chi connectivity index (χ1v) is 5.57. The van der Waals surface area contributed by atoms with Crippen LogP contribution in [-0.2, 0) is 4.79 Å². The molecule has 0 aromatic carbocycles. The lowest BCUT2D eigenvalue weighted by Gasteiger charge is -2.48. The van der Waals surface area contributed by atoms with Crippen molar-refractivity contribution in [2.24, 2.45) is 0 Å². The number of amides is 1. The van der Waals surface area contributed by atoms with Gasteiger partial charge in [-0.2, -0.15) is 5.26 Å². The van der Waals surface area contributed by atoms with E-state index in [4.69, 9.17) is 5.26 Å². The summed E-state index contributed by atoms with van der Waals surface area (Å²) in [7, 11) is 5.67. The lowest BCUT2D eigenvalue weighted by molar-refractivity contribution is -0.157. The molecule has 0 radical (unpaired) electrons. The molecule has 0 aromatic rings. The quantitative estimate of drug-likeness (QED) is 0.488. The van der Waals surface area contributed by atoms with Crippen LogP contribution in [0.4, 0.5) is 0 Å². The number of likely N-dealkylation sites (tertiary alicyclic amines) is 2. The Morgan fingerprint density at radius 1 is 1.56 bits per heavy atom. The number of rotatable bonds is 1. The zero-order valence-electron chi connectivity index (χ0n) is 10.3. The Bertz CT molecular complexity index is 299. The summed E-state index contributed by atoms with van der Waals surface area (Å²) in [5.41, 5.74) is -0.0747. The molecule has 0 aliphatic carbocycles. The van der Waals surface area contributed by atoms with Gasteiger partial charge in [0.2, 0.25) is 5.91 Å². The number of nitrogens with zero attached hydrogens (tertiary/aromatic N) is 3. The van der Waals surface area contributed by atoms with Crippen LogP contribution in [0.25, 0.3) is 0 Å². The van der Waals surface area contributed by atoms with Crippen molar-refractivity contribution in [2.75, 3.05) is 40.8 Å². The number of nitrogens with one attached hydrogen (secondary N) is 1. The molecule has 1 unspecified atom stereocenters. The first-order chi connectivity index (χ1) is 7.58. The summed E-state index contributed by atoms with van der Waals surface area (Å²) in [5, 5.41) is 10.4. The molecular formula is C11H20N4O.